The Morgan fingerprint density at radius 1 is 1.04 bits per heavy atom. The second-order valence-electron chi connectivity index (χ2n) is 6.26. The molecule has 3 aromatic carbocycles. The molecule has 0 aliphatic rings. The molecular weight excluding hydrogens is 338 g/mol. The molecule has 0 amide bonds. The molecule has 0 saturated carbocycles. The van der Waals surface area contributed by atoms with E-state index in [4.69, 9.17) is 9.94 Å². The second kappa shape index (κ2) is 8.81. The van der Waals surface area contributed by atoms with Gasteiger partial charge in [-0.1, -0.05) is 78.0 Å². The number of carbonyl (C=O) groups is 1. The van der Waals surface area contributed by atoms with E-state index in [0.29, 0.717) is 6.61 Å². The summed E-state index contributed by atoms with van der Waals surface area (Å²) in [5, 5.41) is 13.2. The summed E-state index contributed by atoms with van der Waals surface area (Å²) in [6, 6.07) is 25.5. The summed E-state index contributed by atoms with van der Waals surface area (Å²) in [5.41, 5.74) is 4.84. The molecule has 0 aliphatic heterocycles. The molecule has 0 bridgehead atoms. The summed E-state index contributed by atoms with van der Waals surface area (Å²) in [5.74, 6) is -1.41. The summed E-state index contributed by atoms with van der Waals surface area (Å²) in [4.78, 5) is 16.6. The lowest BCUT2D eigenvalue weighted by Crippen LogP contribution is -2.07. The molecule has 4 heteroatoms. The molecule has 27 heavy (non-hydrogen) atoms. The molecule has 4 nitrogen and oxygen atoms in total. The third-order valence-electron chi connectivity index (χ3n) is 4.38. The van der Waals surface area contributed by atoms with Gasteiger partial charge < -0.3 is 9.94 Å². The Labute approximate surface area is 158 Å². The van der Waals surface area contributed by atoms with Crippen molar-refractivity contribution in [3.8, 4) is 11.1 Å². The topological polar surface area (TPSA) is 58.9 Å². The molecule has 0 saturated heterocycles. The summed E-state index contributed by atoms with van der Waals surface area (Å²) < 4.78 is 0. The Bertz CT molecular complexity index is 935. The van der Waals surface area contributed by atoms with Crippen LogP contribution in [0.2, 0.25) is 0 Å². The number of benzene rings is 3. The van der Waals surface area contributed by atoms with Crippen molar-refractivity contribution in [1.82, 2.24) is 0 Å². The summed E-state index contributed by atoms with van der Waals surface area (Å²) in [6.45, 7) is 2.02. The van der Waals surface area contributed by atoms with Crippen molar-refractivity contribution < 1.29 is 14.7 Å². The predicted octanol–water partition coefficient (Wildman–Crippen LogP) is 5.09. The average molecular weight is 359 g/mol. The molecule has 0 radical (unpaired) electrons. The zero-order valence-corrected chi connectivity index (χ0v) is 15.1. The first kappa shape index (κ1) is 18.4. The highest BCUT2D eigenvalue weighted by atomic mass is 16.6. The monoisotopic (exact) mass is 359 g/mol. The quantitative estimate of drug-likeness (QED) is 0.472. The van der Waals surface area contributed by atoms with Gasteiger partial charge in [0.05, 0.1) is 12.1 Å². The van der Waals surface area contributed by atoms with Crippen LogP contribution in [0.1, 0.15) is 29.5 Å². The SMILES string of the molecule is CC(C(=O)O)c1cccc(C=NOCc2ccccc2-c2ccccc2)c1. The van der Waals surface area contributed by atoms with Crippen molar-refractivity contribution in [2.24, 2.45) is 5.16 Å². The maximum Gasteiger partial charge on any atom is 0.310 e. The van der Waals surface area contributed by atoms with Gasteiger partial charge in [-0.3, -0.25) is 4.79 Å². The number of carboxylic acids is 1. The number of oxime groups is 1. The molecule has 3 aromatic rings. The third-order valence-corrected chi connectivity index (χ3v) is 4.38. The Hall–Kier alpha value is -3.40. The van der Waals surface area contributed by atoms with Gasteiger partial charge in [-0.15, -0.1) is 0 Å². The van der Waals surface area contributed by atoms with E-state index in [-0.39, 0.29) is 0 Å². The summed E-state index contributed by atoms with van der Waals surface area (Å²) >= 11 is 0. The molecular formula is C23H21NO3. The summed E-state index contributed by atoms with van der Waals surface area (Å²) in [6.07, 6.45) is 1.60. The van der Waals surface area contributed by atoms with E-state index in [1.54, 1.807) is 19.2 Å². The molecule has 136 valence electrons. The van der Waals surface area contributed by atoms with Crippen molar-refractivity contribution in [3.05, 3.63) is 95.6 Å². The zero-order valence-electron chi connectivity index (χ0n) is 15.1. The number of aliphatic carboxylic acids is 1. The Kier molecular flexibility index (Phi) is 6.00. The van der Waals surface area contributed by atoms with Gasteiger partial charge in [-0.25, -0.2) is 0 Å². The van der Waals surface area contributed by atoms with E-state index in [9.17, 15) is 4.79 Å². The van der Waals surface area contributed by atoms with Crippen molar-refractivity contribution in [3.63, 3.8) is 0 Å². The number of hydrogen-bond donors (Lipinski definition) is 1. The Morgan fingerprint density at radius 3 is 2.56 bits per heavy atom. The molecule has 0 aliphatic carbocycles. The molecule has 1 atom stereocenters. The molecule has 0 fully saturated rings. The van der Waals surface area contributed by atoms with Crippen LogP contribution in [0, 0.1) is 0 Å². The highest BCUT2D eigenvalue weighted by molar-refractivity contribution is 5.81. The van der Waals surface area contributed by atoms with Crippen LogP contribution in [-0.4, -0.2) is 17.3 Å². The normalized spacial score (nSPS) is 12.0. The van der Waals surface area contributed by atoms with Gasteiger partial charge in [0.2, 0.25) is 0 Å². The Morgan fingerprint density at radius 2 is 1.78 bits per heavy atom. The number of hydrogen-bond acceptors (Lipinski definition) is 3. The van der Waals surface area contributed by atoms with Gasteiger partial charge in [0.25, 0.3) is 0 Å². The standard InChI is InChI=1S/C23H21NO3/c1-17(23(25)26)20-12-7-8-18(14-20)15-24-27-16-21-11-5-6-13-22(21)19-9-3-2-4-10-19/h2-15,17H,16H2,1H3,(H,25,26). The van der Waals surface area contributed by atoms with Crippen LogP contribution in [0.4, 0.5) is 0 Å². The first-order valence-electron chi connectivity index (χ1n) is 8.76. The van der Waals surface area contributed by atoms with Gasteiger partial charge in [0, 0.05) is 0 Å². The molecule has 0 spiro atoms. The fraction of sp³-hybridized carbons (Fsp3) is 0.130. The van der Waals surface area contributed by atoms with E-state index >= 15 is 0 Å². The lowest BCUT2D eigenvalue weighted by atomic mass is 10.00. The molecule has 0 aromatic heterocycles. The van der Waals surface area contributed by atoms with Gasteiger partial charge >= 0.3 is 5.97 Å². The van der Waals surface area contributed by atoms with Crippen molar-refractivity contribution in [2.45, 2.75) is 19.4 Å². The van der Waals surface area contributed by atoms with Gasteiger partial charge in [0.1, 0.15) is 6.61 Å². The average Bonchev–Trinajstić information content (AvgIpc) is 2.72. The third kappa shape index (κ3) is 4.82. The van der Waals surface area contributed by atoms with Crippen LogP contribution >= 0.6 is 0 Å². The molecule has 1 unspecified atom stereocenters. The number of carboxylic acid groups (broad SMARTS) is 1. The van der Waals surface area contributed by atoms with E-state index in [2.05, 4.69) is 23.4 Å². The summed E-state index contributed by atoms with van der Waals surface area (Å²) in [7, 11) is 0. The van der Waals surface area contributed by atoms with Crippen molar-refractivity contribution in [2.75, 3.05) is 0 Å². The second-order valence-corrected chi connectivity index (χ2v) is 6.26. The maximum absolute atomic E-state index is 11.1. The predicted molar refractivity (Wildman–Crippen MR) is 107 cm³/mol. The lowest BCUT2D eigenvalue weighted by Gasteiger charge is -2.09. The molecule has 3 rings (SSSR count). The van der Waals surface area contributed by atoms with Gasteiger partial charge in [-0.2, -0.15) is 0 Å². The molecule has 1 N–H and O–H groups in total. The molecule has 0 heterocycles. The fourth-order valence-electron chi connectivity index (χ4n) is 2.80. The first-order valence-corrected chi connectivity index (χ1v) is 8.76. The van der Waals surface area contributed by atoms with E-state index in [1.165, 1.54) is 0 Å². The zero-order chi connectivity index (χ0) is 19.1. The van der Waals surface area contributed by atoms with E-state index in [0.717, 1.165) is 27.8 Å². The maximum atomic E-state index is 11.1. The van der Waals surface area contributed by atoms with Crippen LogP contribution in [0.5, 0.6) is 0 Å². The first-order chi connectivity index (χ1) is 13.1. The van der Waals surface area contributed by atoms with E-state index < -0.39 is 11.9 Å². The largest absolute Gasteiger partial charge is 0.481 e. The van der Waals surface area contributed by atoms with Crippen LogP contribution in [0.25, 0.3) is 11.1 Å². The van der Waals surface area contributed by atoms with Crippen LogP contribution in [0.15, 0.2) is 84.0 Å². The number of rotatable bonds is 7. The number of nitrogens with zero attached hydrogens (tertiary/aromatic N) is 1. The van der Waals surface area contributed by atoms with Crippen LogP contribution in [0.3, 0.4) is 0 Å². The Balaban J connectivity index is 1.67. The van der Waals surface area contributed by atoms with Crippen molar-refractivity contribution in [1.29, 1.82) is 0 Å². The highest BCUT2D eigenvalue weighted by Gasteiger charge is 2.13. The minimum absolute atomic E-state index is 0.354. The minimum Gasteiger partial charge on any atom is -0.481 e. The van der Waals surface area contributed by atoms with Crippen LogP contribution in [-0.2, 0) is 16.2 Å². The highest BCUT2D eigenvalue weighted by Crippen LogP contribution is 2.24. The van der Waals surface area contributed by atoms with Gasteiger partial charge in [-0.05, 0) is 40.8 Å². The van der Waals surface area contributed by atoms with Gasteiger partial charge in [0.15, 0.2) is 0 Å². The fourth-order valence-corrected chi connectivity index (χ4v) is 2.80. The van der Waals surface area contributed by atoms with E-state index in [1.807, 2.05) is 54.6 Å². The minimum atomic E-state index is -0.849. The van der Waals surface area contributed by atoms with Crippen LogP contribution < -0.4 is 0 Å². The smallest absolute Gasteiger partial charge is 0.310 e. The van der Waals surface area contributed by atoms with Crippen molar-refractivity contribution >= 4 is 12.2 Å². The lowest BCUT2D eigenvalue weighted by molar-refractivity contribution is -0.138.